The van der Waals surface area contributed by atoms with Crippen LogP contribution in [0.2, 0.25) is 0 Å². The number of nitriles is 1. The van der Waals surface area contributed by atoms with Gasteiger partial charge >= 0.3 is 0 Å². The molecule has 2 rings (SSSR count). The minimum absolute atomic E-state index is 0.302. The molecule has 0 unspecified atom stereocenters. The minimum atomic E-state index is 0.302. The molecule has 1 heterocycles. The summed E-state index contributed by atoms with van der Waals surface area (Å²) in [6.07, 6.45) is 3.72. The second-order valence-corrected chi connectivity index (χ2v) is 4.28. The molecule has 1 aromatic carbocycles. The van der Waals surface area contributed by atoms with E-state index >= 15 is 0 Å². The molecule has 0 fully saturated rings. The van der Waals surface area contributed by atoms with Crippen LogP contribution in [0.5, 0.6) is 0 Å². The molecule has 18 heavy (non-hydrogen) atoms. The van der Waals surface area contributed by atoms with Crippen LogP contribution in [0.15, 0.2) is 42.7 Å². The second kappa shape index (κ2) is 5.99. The molecular formula is C14H16N4. The lowest BCUT2D eigenvalue weighted by molar-refractivity contribution is 0.450. The van der Waals surface area contributed by atoms with Crippen LogP contribution >= 0.6 is 0 Å². The lowest BCUT2D eigenvalue weighted by Gasteiger charge is -2.14. The average Bonchev–Trinajstić information content (AvgIpc) is 2.89. The Morgan fingerprint density at radius 1 is 1.39 bits per heavy atom. The highest BCUT2D eigenvalue weighted by molar-refractivity contribution is 5.37. The van der Waals surface area contributed by atoms with E-state index in [1.165, 1.54) is 0 Å². The van der Waals surface area contributed by atoms with E-state index in [4.69, 9.17) is 5.26 Å². The van der Waals surface area contributed by atoms with Gasteiger partial charge in [-0.2, -0.15) is 10.4 Å². The molecule has 1 atom stereocenters. The summed E-state index contributed by atoms with van der Waals surface area (Å²) in [6, 6.07) is 12.1. The number of hydrogen-bond donors (Lipinski definition) is 1. The van der Waals surface area contributed by atoms with E-state index < -0.39 is 0 Å². The second-order valence-electron chi connectivity index (χ2n) is 4.28. The highest BCUT2D eigenvalue weighted by Gasteiger charge is 2.05. The maximum Gasteiger partial charge on any atom is 0.0995 e. The van der Waals surface area contributed by atoms with Crippen molar-refractivity contribution in [3.8, 4) is 6.07 Å². The van der Waals surface area contributed by atoms with Gasteiger partial charge in [-0.05, 0) is 24.6 Å². The summed E-state index contributed by atoms with van der Waals surface area (Å²) in [5.74, 6) is 0. The van der Waals surface area contributed by atoms with Crippen LogP contribution in [-0.4, -0.2) is 15.8 Å². The number of benzene rings is 1. The maximum absolute atomic E-state index is 9.00. The number of rotatable bonds is 5. The van der Waals surface area contributed by atoms with Crippen molar-refractivity contribution in [2.75, 3.05) is 0 Å². The van der Waals surface area contributed by atoms with Gasteiger partial charge in [0.1, 0.15) is 0 Å². The van der Waals surface area contributed by atoms with Crippen LogP contribution in [0.4, 0.5) is 0 Å². The fourth-order valence-corrected chi connectivity index (χ4v) is 1.82. The normalized spacial score (nSPS) is 12.0. The molecule has 92 valence electrons. The Hall–Kier alpha value is -2.12. The van der Waals surface area contributed by atoms with Crippen molar-refractivity contribution in [2.45, 2.75) is 26.1 Å². The van der Waals surface area contributed by atoms with Gasteiger partial charge in [-0.25, -0.2) is 0 Å². The summed E-state index contributed by atoms with van der Waals surface area (Å²) in [4.78, 5) is 0. The molecule has 0 amide bonds. The summed E-state index contributed by atoms with van der Waals surface area (Å²) in [7, 11) is 0. The third kappa shape index (κ3) is 3.19. The molecule has 4 nitrogen and oxygen atoms in total. The van der Waals surface area contributed by atoms with E-state index in [0.717, 1.165) is 17.7 Å². The highest BCUT2D eigenvalue weighted by atomic mass is 15.3. The van der Waals surface area contributed by atoms with Gasteiger partial charge in [-0.1, -0.05) is 18.2 Å². The summed E-state index contributed by atoms with van der Waals surface area (Å²) in [5.41, 5.74) is 1.77. The first-order valence-corrected chi connectivity index (χ1v) is 5.98. The summed E-state index contributed by atoms with van der Waals surface area (Å²) < 4.78 is 1.90. The molecule has 1 aromatic heterocycles. The SMILES string of the molecule is C[C@@H](Cn1cccn1)NCc1ccccc1C#N. The average molecular weight is 240 g/mol. The first kappa shape index (κ1) is 12.3. The number of nitrogens with one attached hydrogen (secondary N) is 1. The van der Waals surface area contributed by atoms with Gasteiger partial charge in [0.15, 0.2) is 0 Å². The first-order chi connectivity index (χ1) is 8.79. The Bertz CT molecular complexity index is 525. The molecule has 4 heteroatoms. The van der Waals surface area contributed by atoms with E-state index in [0.29, 0.717) is 12.6 Å². The Balaban J connectivity index is 1.89. The quantitative estimate of drug-likeness (QED) is 0.868. The van der Waals surface area contributed by atoms with Crippen LogP contribution in [-0.2, 0) is 13.1 Å². The molecule has 1 N–H and O–H groups in total. The van der Waals surface area contributed by atoms with Crippen LogP contribution in [0.1, 0.15) is 18.1 Å². The van der Waals surface area contributed by atoms with Crippen molar-refractivity contribution in [2.24, 2.45) is 0 Å². The first-order valence-electron chi connectivity index (χ1n) is 5.98. The lowest BCUT2D eigenvalue weighted by atomic mass is 10.1. The van der Waals surface area contributed by atoms with Gasteiger partial charge in [-0.15, -0.1) is 0 Å². The zero-order valence-electron chi connectivity index (χ0n) is 10.4. The van der Waals surface area contributed by atoms with Crippen LogP contribution in [0.3, 0.4) is 0 Å². The van der Waals surface area contributed by atoms with E-state index in [1.54, 1.807) is 6.20 Å². The Morgan fingerprint density at radius 2 is 2.22 bits per heavy atom. The third-order valence-corrected chi connectivity index (χ3v) is 2.80. The summed E-state index contributed by atoms with van der Waals surface area (Å²) >= 11 is 0. The molecule has 0 aliphatic heterocycles. The van der Waals surface area contributed by atoms with Crippen molar-refractivity contribution in [1.82, 2.24) is 15.1 Å². The minimum Gasteiger partial charge on any atom is -0.308 e. The van der Waals surface area contributed by atoms with Crippen LogP contribution in [0, 0.1) is 11.3 Å². The molecule has 0 saturated heterocycles. The van der Waals surface area contributed by atoms with Crippen molar-refractivity contribution < 1.29 is 0 Å². The standard InChI is InChI=1S/C14H16N4/c1-12(11-18-8-4-7-17-18)16-10-14-6-3-2-5-13(14)9-15/h2-8,12,16H,10-11H2,1H3/t12-/m0/s1. The maximum atomic E-state index is 9.00. The molecule has 0 spiro atoms. The Labute approximate surface area is 107 Å². The predicted molar refractivity (Wildman–Crippen MR) is 69.7 cm³/mol. The zero-order valence-corrected chi connectivity index (χ0v) is 10.4. The zero-order chi connectivity index (χ0) is 12.8. The molecule has 0 aliphatic rings. The van der Waals surface area contributed by atoms with E-state index in [-0.39, 0.29) is 0 Å². The molecule has 2 aromatic rings. The van der Waals surface area contributed by atoms with Crippen molar-refractivity contribution in [1.29, 1.82) is 5.26 Å². The van der Waals surface area contributed by atoms with Gasteiger partial charge in [-0.3, -0.25) is 4.68 Å². The van der Waals surface area contributed by atoms with Gasteiger partial charge in [0.05, 0.1) is 18.2 Å². The number of hydrogen-bond acceptors (Lipinski definition) is 3. The summed E-state index contributed by atoms with van der Waals surface area (Å²) in [6.45, 7) is 3.63. The largest absolute Gasteiger partial charge is 0.308 e. The highest BCUT2D eigenvalue weighted by Crippen LogP contribution is 2.07. The van der Waals surface area contributed by atoms with Gasteiger partial charge in [0, 0.05) is 25.0 Å². The van der Waals surface area contributed by atoms with Crippen molar-refractivity contribution in [3.63, 3.8) is 0 Å². The fraction of sp³-hybridized carbons (Fsp3) is 0.286. The molecular weight excluding hydrogens is 224 g/mol. The van der Waals surface area contributed by atoms with Gasteiger partial charge in [0.2, 0.25) is 0 Å². The van der Waals surface area contributed by atoms with Crippen molar-refractivity contribution >= 4 is 0 Å². The smallest absolute Gasteiger partial charge is 0.0995 e. The predicted octanol–water partition coefficient (Wildman–Crippen LogP) is 1.93. The van der Waals surface area contributed by atoms with E-state index in [1.807, 2.05) is 41.2 Å². The molecule has 0 saturated carbocycles. The fourth-order valence-electron chi connectivity index (χ4n) is 1.82. The third-order valence-electron chi connectivity index (χ3n) is 2.80. The van der Waals surface area contributed by atoms with E-state index in [9.17, 15) is 0 Å². The summed E-state index contributed by atoms with van der Waals surface area (Å²) in [5, 5.41) is 16.6. The molecule has 0 bridgehead atoms. The number of nitrogens with zero attached hydrogens (tertiary/aromatic N) is 3. The van der Waals surface area contributed by atoms with Crippen molar-refractivity contribution in [3.05, 3.63) is 53.9 Å². The lowest BCUT2D eigenvalue weighted by Crippen LogP contribution is -2.30. The van der Waals surface area contributed by atoms with Crippen LogP contribution < -0.4 is 5.32 Å². The topological polar surface area (TPSA) is 53.6 Å². The monoisotopic (exact) mass is 240 g/mol. The van der Waals surface area contributed by atoms with Crippen LogP contribution in [0.25, 0.3) is 0 Å². The van der Waals surface area contributed by atoms with Gasteiger partial charge in [0.25, 0.3) is 0 Å². The number of aromatic nitrogens is 2. The van der Waals surface area contributed by atoms with E-state index in [2.05, 4.69) is 23.4 Å². The Kier molecular flexibility index (Phi) is 4.11. The molecule has 0 radical (unpaired) electrons. The van der Waals surface area contributed by atoms with Gasteiger partial charge < -0.3 is 5.32 Å². The Morgan fingerprint density at radius 3 is 2.94 bits per heavy atom. The molecule has 0 aliphatic carbocycles.